The van der Waals surface area contributed by atoms with Gasteiger partial charge in [0.1, 0.15) is 5.82 Å². The van der Waals surface area contributed by atoms with E-state index in [0.29, 0.717) is 5.82 Å². The molecule has 0 bridgehead atoms. The molecule has 0 fully saturated rings. The van der Waals surface area contributed by atoms with E-state index in [4.69, 9.17) is 0 Å². The lowest BCUT2D eigenvalue weighted by Crippen LogP contribution is -2.10. The number of amides is 1. The van der Waals surface area contributed by atoms with Crippen LogP contribution >= 0.6 is 0 Å². The van der Waals surface area contributed by atoms with Crippen molar-refractivity contribution in [3.05, 3.63) is 77.9 Å². The van der Waals surface area contributed by atoms with Gasteiger partial charge in [0.2, 0.25) is 5.91 Å². The van der Waals surface area contributed by atoms with Crippen molar-refractivity contribution >= 4 is 28.7 Å². The third-order valence-corrected chi connectivity index (χ3v) is 4.05. The van der Waals surface area contributed by atoms with Crippen LogP contribution in [-0.2, 0) is 10.2 Å². The average molecular weight is 330 g/mol. The first-order chi connectivity index (χ1) is 11.9. The van der Waals surface area contributed by atoms with Gasteiger partial charge in [-0.15, -0.1) is 0 Å². The quantitative estimate of drug-likeness (QED) is 0.672. The Morgan fingerprint density at radius 2 is 1.68 bits per heavy atom. The summed E-state index contributed by atoms with van der Waals surface area (Å²) in [4.78, 5) is 16.6. The standard InChI is InChI=1S/C22H22N2O/c1-22(2,3)18-12-8-16(9-13-18)10-15-21(25)24-20-14-11-17-6-4-5-7-19(17)23-20/h4-15H,1-3H3,(H,23,24,25)/b15-10+. The van der Waals surface area contributed by atoms with Crippen molar-refractivity contribution in [2.24, 2.45) is 0 Å². The van der Waals surface area contributed by atoms with Crippen LogP contribution in [0.3, 0.4) is 0 Å². The monoisotopic (exact) mass is 330 g/mol. The Hall–Kier alpha value is -2.94. The Bertz CT molecular complexity index is 919. The highest BCUT2D eigenvalue weighted by molar-refractivity contribution is 6.01. The molecule has 126 valence electrons. The second-order valence-corrected chi connectivity index (χ2v) is 7.08. The molecule has 1 amide bonds. The minimum atomic E-state index is -0.192. The zero-order valence-electron chi connectivity index (χ0n) is 14.8. The molecule has 3 rings (SSSR count). The number of anilines is 1. The van der Waals surface area contributed by atoms with Gasteiger partial charge >= 0.3 is 0 Å². The molecule has 25 heavy (non-hydrogen) atoms. The molecule has 0 unspecified atom stereocenters. The molecule has 3 heteroatoms. The molecular formula is C22H22N2O. The van der Waals surface area contributed by atoms with Crippen LogP contribution in [0, 0.1) is 0 Å². The number of aromatic nitrogens is 1. The molecule has 0 aliphatic carbocycles. The van der Waals surface area contributed by atoms with Gasteiger partial charge in [-0.3, -0.25) is 4.79 Å². The smallest absolute Gasteiger partial charge is 0.249 e. The maximum atomic E-state index is 12.1. The van der Waals surface area contributed by atoms with Gasteiger partial charge in [-0.1, -0.05) is 63.2 Å². The van der Waals surface area contributed by atoms with Gasteiger partial charge in [-0.2, -0.15) is 0 Å². The van der Waals surface area contributed by atoms with Crippen LogP contribution in [0.1, 0.15) is 31.9 Å². The van der Waals surface area contributed by atoms with Crippen LogP contribution in [0.25, 0.3) is 17.0 Å². The Balaban J connectivity index is 1.67. The fraction of sp³-hybridized carbons (Fsp3) is 0.182. The minimum absolute atomic E-state index is 0.126. The van der Waals surface area contributed by atoms with Crippen molar-refractivity contribution in [2.75, 3.05) is 5.32 Å². The summed E-state index contributed by atoms with van der Waals surface area (Å²) in [6.45, 7) is 6.55. The van der Waals surface area contributed by atoms with Gasteiger partial charge in [-0.25, -0.2) is 4.98 Å². The number of benzene rings is 2. The van der Waals surface area contributed by atoms with Crippen LogP contribution < -0.4 is 5.32 Å². The van der Waals surface area contributed by atoms with Gasteiger partial charge in [0.15, 0.2) is 0 Å². The normalized spacial score (nSPS) is 11.8. The Morgan fingerprint density at radius 3 is 2.40 bits per heavy atom. The maximum absolute atomic E-state index is 12.1. The number of fused-ring (bicyclic) bond motifs is 1. The minimum Gasteiger partial charge on any atom is -0.307 e. The first kappa shape index (κ1) is 16.9. The Kier molecular flexibility index (Phi) is 4.66. The summed E-state index contributed by atoms with van der Waals surface area (Å²) >= 11 is 0. The first-order valence-electron chi connectivity index (χ1n) is 8.37. The molecule has 0 aliphatic rings. The number of carbonyl (C=O) groups excluding carboxylic acids is 1. The zero-order valence-corrected chi connectivity index (χ0v) is 14.8. The van der Waals surface area contributed by atoms with Gasteiger partial charge in [-0.05, 0) is 40.8 Å². The predicted molar refractivity (Wildman–Crippen MR) is 105 cm³/mol. The molecule has 0 aliphatic heterocycles. The van der Waals surface area contributed by atoms with Gasteiger partial charge in [0.05, 0.1) is 5.52 Å². The van der Waals surface area contributed by atoms with E-state index < -0.39 is 0 Å². The topological polar surface area (TPSA) is 42.0 Å². The van der Waals surface area contributed by atoms with Crippen molar-refractivity contribution < 1.29 is 4.79 Å². The fourth-order valence-electron chi connectivity index (χ4n) is 2.57. The molecule has 3 nitrogen and oxygen atoms in total. The van der Waals surface area contributed by atoms with Crippen molar-refractivity contribution in [3.8, 4) is 0 Å². The lowest BCUT2D eigenvalue weighted by molar-refractivity contribution is -0.111. The van der Waals surface area contributed by atoms with Crippen LogP contribution in [0.5, 0.6) is 0 Å². The Labute approximate surface area is 148 Å². The van der Waals surface area contributed by atoms with Crippen molar-refractivity contribution in [2.45, 2.75) is 26.2 Å². The van der Waals surface area contributed by atoms with Gasteiger partial charge in [0, 0.05) is 11.5 Å². The summed E-state index contributed by atoms with van der Waals surface area (Å²) in [7, 11) is 0. The van der Waals surface area contributed by atoms with Crippen molar-refractivity contribution in [3.63, 3.8) is 0 Å². The third kappa shape index (κ3) is 4.32. The highest BCUT2D eigenvalue weighted by Crippen LogP contribution is 2.22. The van der Waals surface area contributed by atoms with Crippen LogP contribution in [0.4, 0.5) is 5.82 Å². The summed E-state index contributed by atoms with van der Waals surface area (Å²) in [5.74, 6) is 0.360. The fourth-order valence-corrected chi connectivity index (χ4v) is 2.57. The highest BCUT2D eigenvalue weighted by atomic mass is 16.1. The number of nitrogens with zero attached hydrogens (tertiary/aromatic N) is 1. The van der Waals surface area contributed by atoms with Crippen LogP contribution in [0.15, 0.2) is 66.7 Å². The van der Waals surface area contributed by atoms with E-state index in [2.05, 4.69) is 43.2 Å². The van der Waals surface area contributed by atoms with Gasteiger partial charge < -0.3 is 5.32 Å². The van der Waals surface area contributed by atoms with Crippen molar-refractivity contribution in [1.82, 2.24) is 4.98 Å². The Morgan fingerprint density at radius 1 is 0.960 bits per heavy atom. The lowest BCUT2D eigenvalue weighted by atomic mass is 9.87. The second-order valence-electron chi connectivity index (χ2n) is 7.08. The van der Waals surface area contributed by atoms with E-state index >= 15 is 0 Å². The molecule has 1 aromatic heterocycles. The first-order valence-corrected chi connectivity index (χ1v) is 8.37. The summed E-state index contributed by atoms with van der Waals surface area (Å²) < 4.78 is 0. The number of para-hydroxylation sites is 1. The van der Waals surface area contributed by atoms with E-state index in [1.54, 1.807) is 0 Å². The number of hydrogen-bond donors (Lipinski definition) is 1. The molecule has 0 radical (unpaired) electrons. The maximum Gasteiger partial charge on any atom is 0.249 e. The van der Waals surface area contributed by atoms with Crippen LogP contribution in [0.2, 0.25) is 0 Å². The average Bonchev–Trinajstić information content (AvgIpc) is 2.59. The molecule has 1 heterocycles. The summed E-state index contributed by atoms with van der Waals surface area (Å²) in [6.07, 6.45) is 3.34. The van der Waals surface area contributed by atoms with Crippen molar-refractivity contribution in [1.29, 1.82) is 0 Å². The predicted octanol–water partition coefficient (Wildman–Crippen LogP) is 5.18. The van der Waals surface area contributed by atoms with Gasteiger partial charge in [0.25, 0.3) is 0 Å². The second kappa shape index (κ2) is 6.89. The highest BCUT2D eigenvalue weighted by Gasteiger charge is 2.12. The van der Waals surface area contributed by atoms with E-state index in [0.717, 1.165) is 16.5 Å². The van der Waals surface area contributed by atoms with E-state index in [1.165, 1.54) is 11.6 Å². The number of rotatable bonds is 3. The molecule has 3 aromatic rings. The van der Waals surface area contributed by atoms with E-state index in [-0.39, 0.29) is 11.3 Å². The number of carbonyl (C=O) groups is 1. The molecule has 0 saturated carbocycles. The third-order valence-electron chi connectivity index (χ3n) is 4.05. The molecule has 0 spiro atoms. The molecule has 1 N–H and O–H groups in total. The largest absolute Gasteiger partial charge is 0.307 e. The summed E-state index contributed by atoms with van der Waals surface area (Å²) in [6, 6.07) is 19.8. The number of hydrogen-bond acceptors (Lipinski definition) is 2. The number of nitrogens with one attached hydrogen (secondary N) is 1. The zero-order chi connectivity index (χ0) is 17.9. The van der Waals surface area contributed by atoms with E-state index in [9.17, 15) is 4.79 Å². The summed E-state index contributed by atoms with van der Waals surface area (Å²) in [5.41, 5.74) is 3.26. The van der Waals surface area contributed by atoms with E-state index in [1.807, 2.05) is 54.6 Å². The molecule has 0 atom stereocenters. The molecule has 2 aromatic carbocycles. The number of pyridine rings is 1. The SMILES string of the molecule is CC(C)(C)c1ccc(/C=C/C(=O)Nc2ccc3ccccc3n2)cc1. The van der Waals surface area contributed by atoms with Crippen LogP contribution in [-0.4, -0.2) is 10.9 Å². The molecular weight excluding hydrogens is 308 g/mol. The lowest BCUT2D eigenvalue weighted by Gasteiger charge is -2.18. The molecule has 0 saturated heterocycles. The summed E-state index contributed by atoms with van der Waals surface area (Å²) in [5, 5.41) is 3.85.